The van der Waals surface area contributed by atoms with E-state index in [9.17, 15) is 9.90 Å². The molecule has 5 heteroatoms. The van der Waals surface area contributed by atoms with Gasteiger partial charge < -0.3 is 21.9 Å². The number of primary amides is 1. The number of rotatable bonds is 3. The monoisotopic (exact) mass is 195 g/mol. The number of urea groups is 1. The average Bonchev–Trinajstić information content (AvgIpc) is 2.16. The van der Waals surface area contributed by atoms with Gasteiger partial charge in [0.25, 0.3) is 0 Å². The number of hydrogen-bond acceptors (Lipinski definition) is 3. The third-order valence-electron chi connectivity index (χ3n) is 1.80. The van der Waals surface area contributed by atoms with E-state index in [4.69, 9.17) is 11.5 Å². The van der Waals surface area contributed by atoms with Crippen LogP contribution in [0.25, 0.3) is 0 Å². The molecule has 76 valence electrons. The molecule has 0 bridgehead atoms. The van der Waals surface area contributed by atoms with Crippen molar-refractivity contribution < 1.29 is 9.90 Å². The fraction of sp³-hybridized carbons (Fsp3) is 0.222. The summed E-state index contributed by atoms with van der Waals surface area (Å²) in [6, 6.07) is 6.15. The number of para-hydroxylation sites is 1. The van der Waals surface area contributed by atoms with Crippen LogP contribution in [0, 0.1) is 0 Å². The third kappa shape index (κ3) is 2.45. The number of carbonyl (C=O) groups excluding carboxylic acids is 1. The molecule has 0 aromatic heterocycles. The van der Waals surface area contributed by atoms with E-state index >= 15 is 0 Å². The van der Waals surface area contributed by atoms with Crippen molar-refractivity contribution in [2.45, 2.75) is 6.10 Å². The molecule has 1 atom stereocenters. The van der Waals surface area contributed by atoms with Crippen molar-refractivity contribution in [3.63, 3.8) is 0 Å². The minimum Gasteiger partial charge on any atom is -0.387 e. The van der Waals surface area contributed by atoms with E-state index in [0.717, 1.165) is 0 Å². The fourth-order valence-corrected chi connectivity index (χ4v) is 1.16. The lowest BCUT2D eigenvalue weighted by Gasteiger charge is -2.13. The van der Waals surface area contributed by atoms with E-state index in [-0.39, 0.29) is 6.54 Å². The summed E-state index contributed by atoms with van der Waals surface area (Å²) in [5.41, 5.74) is 11.3. The molecule has 0 aliphatic heterocycles. The van der Waals surface area contributed by atoms with Gasteiger partial charge in [0.05, 0.1) is 6.10 Å². The van der Waals surface area contributed by atoms with Crippen LogP contribution in [0.4, 0.5) is 10.5 Å². The van der Waals surface area contributed by atoms with Gasteiger partial charge >= 0.3 is 6.03 Å². The Kier molecular flexibility index (Phi) is 3.44. The Morgan fingerprint density at radius 1 is 1.50 bits per heavy atom. The van der Waals surface area contributed by atoms with Crippen molar-refractivity contribution in [3.05, 3.63) is 29.8 Å². The van der Waals surface area contributed by atoms with E-state index in [1.807, 2.05) is 0 Å². The molecule has 1 aromatic rings. The molecule has 0 fully saturated rings. The SMILES string of the molecule is NCC(O)c1ccccc1NC(N)=O. The van der Waals surface area contributed by atoms with Crippen molar-refractivity contribution in [2.24, 2.45) is 11.5 Å². The summed E-state index contributed by atoms with van der Waals surface area (Å²) in [6.45, 7) is 0.0947. The minimum absolute atomic E-state index is 0.0947. The number of anilines is 1. The van der Waals surface area contributed by atoms with Crippen LogP contribution in [0.15, 0.2) is 24.3 Å². The topological polar surface area (TPSA) is 101 Å². The number of carbonyl (C=O) groups is 1. The highest BCUT2D eigenvalue weighted by Crippen LogP contribution is 2.21. The second-order valence-corrected chi connectivity index (χ2v) is 2.83. The second kappa shape index (κ2) is 4.59. The number of nitrogens with two attached hydrogens (primary N) is 2. The molecule has 14 heavy (non-hydrogen) atoms. The predicted molar refractivity (Wildman–Crippen MR) is 53.7 cm³/mol. The minimum atomic E-state index is -0.793. The molecule has 1 aromatic carbocycles. The van der Waals surface area contributed by atoms with Gasteiger partial charge in [0.1, 0.15) is 0 Å². The largest absolute Gasteiger partial charge is 0.387 e. The zero-order valence-corrected chi connectivity index (χ0v) is 7.60. The lowest BCUT2D eigenvalue weighted by Crippen LogP contribution is -2.21. The summed E-state index contributed by atoms with van der Waals surface area (Å²) in [7, 11) is 0. The van der Waals surface area contributed by atoms with Gasteiger partial charge in [-0.25, -0.2) is 4.79 Å². The van der Waals surface area contributed by atoms with Crippen molar-refractivity contribution in [2.75, 3.05) is 11.9 Å². The smallest absolute Gasteiger partial charge is 0.316 e. The number of hydrogen-bond donors (Lipinski definition) is 4. The molecule has 5 nitrogen and oxygen atoms in total. The van der Waals surface area contributed by atoms with Gasteiger partial charge in [-0.1, -0.05) is 18.2 Å². The summed E-state index contributed by atoms with van der Waals surface area (Å²) >= 11 is 0. The normalized spacial score (nSPS) is 12.1. The summed E-state index contributed by atoms with van der Waals surface area (Å²) < 4.78 is 0. The van der Waals surface area contributed by atoms with Crippen LogP contribution in [0.2, 0.25) is 0 Å². The number of amides is 2. The van der Waals surface area contributed by atoms with Crippen LogP contribution in [-0.4, -0.2) is 17.7 Å². The van der Waals surface area contributed by atoms with Gasteiger partial charge in [-0.2, -0.15) is 0 Å². The molecule has 0 aliphatic carbocycles. The molecule has 2 amide bonds. The summed E-state index contributed by atoms with van der Waals surface area (Å²) in [6.07, 6.45) is -0.793. The van der Waals surface area contributed by atoms with Gasteiger partial charge in [-0.15, -0.1) is 0 Å². The highest BCUT2D eigenvalue weighted by Gasteiger charge is 2.10. The second-order valence-electron chi connectivity index (χ2n) is 2.83. The first-order valence-corrected chi connectivity index (χ1v) is 4.18. The van der Waals surface area contributed by atoms with Gasteiger partial charge in [0.2, 0.25) is 0 Å². The van der Waals surface area contributed by atoms with Crippen molar-refractivity contribution in [3.8, 4) is 0 Å². The quantitative estimate of drug-likeness (QED) is 0.553. The maximum absolute atomic E-state index is 10.6. The molecular formula is C9H13N3O2. The van der Waals surface area contributed by atoms with Crippen molar-refractivity contribution >= 4 is 11.7 Å². The van der Waals surface area contributed by atoms with E-state index < -0.39 is 12.1 Å². The van der Waals surface area contributed by atoms with Crippen LogP contribution in [-0.2, 0) is 0 Å². The van der Waals surface area contributed by atoms with Crippen molar-refractivity contribution in [1.29, 1.82) is 0 Å². The van der Waals surface area contributed by atoms with Crippen molar-refractivity contribution in [1.82, 2.24) is 0 Å². The molecule has 0 heterocycles. The van der Waals surface area contributed by atoms with Gasteiger partial charge in [-0.05, 0) is 6.07 Å². The molecular weight excluding hydrogens is 182 g/mol. The lowest BCUT2D eigenvalue weighted by atomic mass is 10.1. The highest BCUT2D eigenvalue weighted by molar-refractivity contribution is 5.88. The standard InChI is InChI=1S/C9H13N3O2/c10-5-8(13)6-3-1-2-4-7(6)12-9(11)14/h1-4,8,13H,5,10H2,(H3,11,12,14). The Labute approximate surface area is 81.7 Å². The summed E-state index contributed by atoms with van der Waals surface area (Å²) in [4.78, 5) is 10.6. The van der Waals surface area contributed by atoms with Gasteiger partial charge in [0.15, 0.2) is 0 Å². The van der Waals surface area contributed by atoms with Crippen LogP contribution in [0.5, 0.6) is 0 Å². The number of aliphatic hydroxyl groups is 1. The Bertz CT molecular complexity index is 328. The zero-order valence-electron chi connectivity index (χ0n) is 7.60. The molecule has 0 spiro atoms. The van der Waals surface area contributed by atoms with Gasteiger partial charge in [0, 0.05) is 17.8 Å². The van der Waals surface area contributed by atoms with Crippen LogP contribution < -0.4 is 16.8 Å². The molecule has 0 saturated carbocycles. The summed E-state index contributed by atoms with van der Waals surface area (Å²) in [5.74, 6) is 0. The van der Waals surface area contributed by atoms with Crippen LogP contribution in [0.1, 0.15) is 11.7 Å². The first-order chi connectivity index (χ1) is 6.65. The highest BCUT2D eigenvalue weighted by atomic mass is 16.3. The number of nitrogens with one attached hydrogen (secondary N) is 1. The van der Waals surface area contributed by atoms with E-state index in [1.165, 1.54) is 0 Å². The molecule has 0 saturated heterocycles. The zero-order chi connectivity index (χ0) is 10.6. The van der Waals surface area contributed by atoms with E-state index in [2.05, 4.69) is 5.32 Å². The molecule has 0 aliphatic rings. The molecule has 1 rings (SSSR count). The molecule has 0 radical (unpaired) electrons. The fourth-order valence-electron chi connectivity index (χ4n) is 1.16. The van der Waals surface area contributed by atoms with E-state index in [0.29, 0.717) is 11.3 Å². The van der Waals surface area contributed by atoms with Crippen LogP contribution in [0.3, 0.4) is 0 Å². The van der Waals surface area contributed by atoms with Gasteiger partial charge in [-0.3, -0.25) is 0 Å². The predicted octanol–water partition coefficient (Wildman–Crippen LogP) is 0.169. The first-order valence-electron chi connectivity index (χ1n) is 4.18. The molecule has 1 unspecified atom stereocenters. The third-order valence-corrected chi connectivity index (χ3v) is 1.80. The number of benzene rings is 1. The molecule has 6 N–H and O–H groups in total. The Morgan fingerprint density at radius 2 is 2.14 bits per heavy atom. The van der Waals surface area contributed by atoms with E-state index in [1.54, 1.807) is 24.3 Å². The lowest BCUT2D eigenvalue weighted by molar-refractivity contribution is 0.187. The first kappa shape index (κ1) is 10.5. The Balaban J connectivity index is 2.96. The van der Waals surface area contributed by atoms with Crippen LogP contribution >= 0.6 is 0 Å². The Hall–Kier alpha value is -1.59. The maximum Gasteiger partial charge on any atom is 0.316 e. The summed E-state index contributed by atoms with van der Waals surface area (Å²) in [5, 5.41) is 11.9. The average molecular weight is 195 g/mol. The Morgan fingerprint density at radius 3 is 2.71 bits per heavy atom. The number of aliphatic hydroxyl groups excluding tert-OH is 1. The maximum atomic E-state index is 10.6.